The molecule has 0 radical (unpaired) electrons. The van der Waals surface area contributed by atoms with Gasteiger partial charge in [-0.05, 0) is 48.9 Å². The van der Waals surface area contributed by atoms with Crippen molar-refractivity contribution in [2.75, 3.05) is 5.32 Å². The molecule has 3 aromatic carbocycles. The summed E-state index contributed by atoms with van der Waals surface area (Å²) in [6.07, 6.45) is 7.05. The van der Waals surface area contributed by atoms with Crippen molar-refractivity contribution in [3.8, 4) is 0 Å². The summed E-state index contributed by atoms with van der Waals surface area (Å²) in [4.78, 5) is 24.8. The topological polar surface area (TPSA) is 74.8 Å². The van der Waals surface area contributed by atoms with E-state index in [0.717, 1.165) is 22.2 Å². The van der Waals surface area contributed by atoms with Crippen LogP contribution < -0.4 is 5.32 Å². The fourth-order valence-corrected chi connectivity index (χ4v) is 3.29. The standard InChI is InChI=1S/C26H21N3O2/c1-2-7-25(30)27-21-11-6-10-19(16-21)26(31)20-13-14-22-23(28-29-24(22)17-20)15-12-18-8-4-3-5-9-18/h2-17H,1H3,(H,27,30)(H,28,29)/b7-2+,15-12+. The minimum atomic E-state index is -0.234. The number of ketones is 1. The molecule has 4 aromatic rings. The van der Waals surface area contributed by atoms with Gasteiger partial charge in [-0.2, -0.15) is 5.10 Å². The molecule has 0 bridgehead atoms. The van der Waals surface area contributed by atoms with Crippen LogP contribution in [0.2, 0.25) is 0 Å². The Kier molecular flexibility index (Phi) is 5.85. The summed E-state index contributed by atoms with van der Waals surface area (Å²) in [5.41, 5.74) is 4.31. The average Bonchev–Trinajstić information content (AvgIpc) is 3.20. The van der Waals surface area contributed by atoms with E-state index < -0.39 is 0 Å². The van der Waals surface area contributed by atoms with Crippen molar-refractivity contribution < 1.29 is 9.59 Å². The van der Waals surface area contributed by atoms with E-state index in [1.807, 2.05) is 48.6 Å². The predicted octanol–water partition coefficient (Wildman–Crippen LogP) is 5.48. The zero-order chi connectivity index (χ0) is 21.6. The van der Waals surface area contributed by atoms with E-state index in [2.05, 4.69) is 15.5 Å². The summed E-state index contributed by atoms with van der Waals surface area (Å²) in [6, 6.07) is 22.4. The Hall–Kier alpha value is -4.25. The Morgan fingerprint density at radius 1 is 0.903 bits per heavy atom. The molecule has 4 rings (SSSR count). The van der Waals surface area contributed by atoms with Crippen LogP contribution >= 0.6 is 0 Å². The number of carbonyl (C=O) groups is 2. The lowest BCUT2D eigenvalue weighted by Crippen LogP contribution is -2.09. The summed E-state index contributed by atoms with van der Waals surface area (Å²) >= 11 is 0. The van der Waals surface area contributed by atoms with Crippen molar-refractivity contribution in [1.82, 2.24) is 10.2 Å². The molecule has 5 heteroatoms. The molecule has 2 N–H and O–H groups in total. The van der Waals surface area contributed by atoms with Crippen LogP contribution in [0, 0.1) is 0 Å². The van der Waals surface area contributed by atoms with Gasteiger partial charge in [0.2, 0.25) is 5.91 Å². The first-order valence-corrected chi connectivity index (χ1v) is 9.94. The van der Waals surface area contributed by atoms with Crippen LogP contribution in [0.3, 0.4) is 0 Å². The summed E-state index contributed by atoms with van der Waals surface area (Å²) in [7, 11) is 0. The fourth-order valence-electron chi connectivity index (χ4n) is 3.29. The van der Waals surface area contributed by atoms with Gasteiger partial charge in [0.1, 0.15) is 0 Å². The van der Waals surface area contributed by atoms with Crippen molar-refractivity contribution in [3.63, 3.8) is 0 Å². The number of nitrogens with zero attached hydrogens (tertiary/aromatic N) is 1. The number of aromatic nitrogens is 2. The highest BCUT2D eigenvalue weighted by Gasteiger charge is 2.12. The number of H-pyrrole nitrogens is 1. The first-order chi connectivity index (χ1) is 15.1. The zero-order valence-electron chi connectivity index (χ0n) is 17.0. The van der Waals surface area contributed by atoms with Gasteiger partial charge in [-0.15, -0.1) is 0 Å². The van der Waals surface area contributed by atoms with E-state index in [9.17, 15) is 9.59 Å². The Bertz CT molecular complexity index is 1300. The third-order valence-electron chi connectivity index (χ3n) is 4.80. The van der Waals surface area contributed by atoms with Crippen LogP contribution in [-0.2, 0) is 4.79 Å². The minimum Gasteiger partial charge on any atom is -0.322 e. The first-order valence-electron chi connectivity index (χ1n) is 9.94. The summed E-state index contributed by atoms with van der Waals surface area (Å²) in [6.45, 7) is 1.77. The van der Waals surface area contributed by atoms with E-state index in [1.165, 1.54) is 6.08 Å². The van der Waals surface area contributed by atoms with Gasteiger partial charge in [-0.1, -0.05) is 60.7 Å². The second-order valence-corrected chi connectivity index (χ2v) is 7.01. The molecule has 0 aliphatic carbocycles. The van der Waals surface area contributed by atoms with E-state index in [1.54, 1.807) is 49.4 Å². The van der Waals surface area contributed by atoms with Gasteiger partial charge in [-0.25, -0.2) is 0 Å². The third kappa shape index (κ3) is 4.67. The van der Waals surface area contributed by atoms with Crippen molar-refractivity contribution in [1.29, 1.82) is 0 Å². The molecule has 0 unspecified atom stereocenters. The Morgan fingerprint density at radius 3 is 2.52 bits per heavy atom. The van der Waals surface area contributed by atoms with Gasteiger partial charge < -0.3 is 5.32 Å². The van der Waals surface area contributed by atoms with E-state index >= 15 is 0 Å². The number of allylic oxidation sites excluding steroid dienone is 1. The molecule has 5 nitrogen and oxygen atoms in total. The maximum absolute atomic E-state index is 13.0. The molecule has 0 saturated heterocycles. The highest BCUT2D eigenvalue weighted by atomic mass is 16.1. The quantitative estimate of drug-likeness (QED) is 0.328. The molecule has 1 aromatic heterocycles. The van der Waals surface area contributed by atoms with Crippen molar-refractivity contribution in [2.24, 2.45) is 0 Å². The van der Waals surface area contributed by atoms with E-state index in [0.29, 0.717) is 16.8 Å². The van der Waals surface area contributed by atoms with Gasteiger partial charge in [0.25, 0.3) is 0 Å². The van der Waals surface area contributed by atoms with Crippen molar-refractivity contribution in [2.45, 2.75) is 6.92 Å². The number of hydrogen-bond donors (Lipinski definition) is 2. The summed E-state index contributed by atoms with van der Waals surface area (Å²) in [5.74, 6) is -0.359. The highest BCUT2D eigenvalue weighted by molar-refractivity contribution is 6.11. The van der Waals surface area contributed by atoms with Crippen LogP contribution in [0.15, 0.2) is 84.9 Å². The molecule has 31 heavy (non-hydrogen) atoms. The molecule has 0 aliphatic rings. The van der Waals surface area contributed by atoms with Gasteiger partial charge in [0.15, 0.2) is 5.78 Å². The average molecular weight is 407 g/mol. The fraction of sp³-hybridized carbons (Fsp3) is 0.0385. The number of fused-ring (bicyclic) bond motifs is 1. The number of amides is 1. The van der Waals surface area contributed by atoms with Crippen LogP contribution in [0.4, 0.5) is 5.69 Å². The zero-order valence-corrected chi connectivity index (χ0v) is 17.0. The second kappa shape index (κ2) is 9.05. The van der Waals surface area contributed by atoms with Crippen molar-refractivity contribution in [3.05, 3.63) is 107 Å². The number of nitrogens with one attached hydrogen (secondary N) is 2. The summed E-state index contributed by atoms with van der Waals surface area (Å²) < 4.78 is 0. The Labute approximate surface area is 180 Å². The lowest BCUT2D eigenvalue weighted by Gasteiger charge is -2.06. The molecule has 0 aliphatic heterocycles. The smallest absolute Gasteiger partial charge is 0.248 e. The Morgan fingerprint density at radius 2 is 1.71 bits per heavy atom. The number of anilines is 1. The summed E-state index contributed by atoms with van der Waals surface area (Å²) in [5, 5.41) is 11.1. The number of benzene rings is 3. The highest BCUT2D eigenvalue weighted by Crippen LogP contribution is 2.22. The van der Waals surface area contributed by atoms with E-state index in [4.69, 9.17) is 0 Å². The monoisotopic (exact) mass is 407 g/mol. The van der Waals surface area contributed by atoms with Crippen LogP contribution in [0.25, 0.3) is 23.1 Å². The van der Waals surface area contributed by atoms with Gasteiger partial charge >= 0.3 is 0 Å². The second-order valence-electron chi connectivity index (χ2n) is 7.01. The third-order valence-corrected chi connectivity index (χ3v) is 4.80. The lowest BCUT2D eigenvalue weighted by molar-refractivity contribution is -0.111. The first kappa shape index (κ1) is 20.0. The Balaban J connectivity index is 1.57. The SMILES string of the molecule is C/C=C/C(=O)Nc1cccc(C(=O)c2ccc3c(/C=C/c4ccccc4)n[nH]c3c2)c1. The minimum absolute atomic E-state index is 0.125. The maximum atomic E-state index is 13.0. The van der Waals surface area contributed by atoms with Gasteiger partial charge in [0.05, 0.1) is 11.2 Å². The van der Waals surface area contributed by atoms with Crippen molar-refractivity contribution >= 4 is 40.4 Å². The van der Waals surface area contributed by atoms with Crippen LogP contribution in [-0.4, -0.2) is 21.9 Å². The predicted molar refractivity (Wildman–Crippen MR) is 125 cm³/mol. The number of rotatable bonds is 6. The molecule has 152 valence electrons. The normalized spacial score (nSPS) is 11.4. The van der Waals surface area contributed by atoms with Gasteiger partial charge in [-0.3, -0.25) is 14.7 Å². The molecule has 0 atom stereocenters. The molecule has 0 spiro atoms. The largest absolute Gasteiger partial charge is 0.322 e. The molecular formula is C26H21N3O2. The molecule has 1 amide bonds. The van der Waals surface area contributed by atoms with Crippen LogP contribution in [0.5, 0.6) is 0 Å². The number of hydrogen-bond acceptors (Lipinski definition) is 3. The number of carbonyl (C=O) groups excluding carboxylic acids is 2. The van der Waals surface area contributed by atoms with Gasteiger partial charge in [0, 0.05) is 22.2 Å². The molecule has 0 fully saturated rings. The molecule has 1 heterocycles. The van der Waals surface area contributed by atoms with E-state index in [-0.39, 0.29) is 11.7 Å². The number of aromatic amines is 1. The van der Waals surface area contributed by atoms with Crippen LogP contribution in [0.1, 0.15) is 34.1 Å². The molecular weight excluding hydrogens is 386 g/mol. The lowest BCUT2D eigenvalue weighted by atomic mass is 10.0. The maximum Gasteiger partial charge on any atom is 0.248 e. The molecule has 0 saturated carbocycles.